The topological polar surface area (TPSA) is 122 Å². The Morgan fingerprint density at radius 1 is 1.12 bits per heavy atom. The zero-order valence-electron chi connectivity index (χ0n) is 19.1. The molecule has 0 aliphatic carbocycles. The Bertz CT molecular complexity index is 1030. The second-order valence-electron chi connectivity index (χ2n) is 8.24. The molecule has 0 fully saturated rings. The molecule has 33 heavy (non-hydrogen) atoms. The van der Waals surface area contributed by atoms with Crippen LogP contribution >= 0.6 is 0 Å². The Kier molecular flexibility index (Phi) is 8.62. The number of phenolic OH excluding ortho intramolecular Hbond substituents is 1. The maximum Gasteiger partial charge on any atom is 0.412 e. The number of amides is 1. The number of benzene rings is 2. The van der Waals surface area contributed by atoms with Crippen LogP contribution in [0.2, 0.25) is 0 Å². The number of ether oxygens (including phenoxy) is 2. The molecule has 0 aliphatic rings. The van der Waals surface area contributed by atoms with Crippen LogP contribution in [0.1, 0.15) is 55.6 Å². The fraction of sp³-hybridized carbons (Fsp3) is 0.320. The minimum atomic E-state index is -1.03. The highest BCUT2D eigenvalue weighted by molar-refractivity contribution is 5.95. The minimum Gasteiger partial charge on any atom is -0.504 e. The lowest BCUT2D eigenvalue weighted by molar-refractivity contribution is -0.131. The fourth-order valence-electron chi connectivity index (χ4n) is 3.36. The number of aromatic hydroxyl groups is 1. The number of carboxylic acids is 1. The third-order valence-corrected chi connectivity index (χ3v) is 5.19. The number of hydrogen-bond acceptors (Lipinski definition) is 6. The molecule has 2 aromatic rings. The van der Waals surface area contributed by atoms with E-state index in [4.69, 9.17) is 14.6 Å². The number of phenols is 1. The van der Waals surface area contributed by atoms with Crippen LogP contribution in [-0.2, 0) is 9.53 Å². The predicted molar refractivity (Wildman–Crippen MR) is 124 cm³/mol. The maximum atomic E-state index is 12.7. The van der Waals surface area contributed by atoms with Crippen LogP contribution in [0.4, 0.5) is 10.5 Å². The van der Waals surface area contributed by atoms with Crippen molar-refractivity contribution in [2.45, 2.75) is 39.7 Å². The number of aliphatic carboxylic acids is 1. The van der Waals surface area contributed by atoms with E-state index in [9.17, 15) is 19.5 Å². The lowest BCUT2D eigenvalue weighted by Crippen LogP contribution is -2.29. The fourth-order valence-corrected chi connectivity index (χ4v) is 3.36. The van der Waals surface area contributed by atoms with Gasteiger partial charge in [0.1, 0.15) is 6.10 Å². The van der Waals surface area contributed by atoms with Gasteiger partial charge in [-0.2, -0.15) is 0 Å². The van der Waals surface area contributed by atoms with E-state index in [2.05, 4.69) is 5.32 Å². The third kappa shape index (κ3) is 7.38. The molecule has 0 aromatic heterocycles. The van der Waals surface area contributed by atoms with Crippen molar-refractivity contribution in [1.82, 2.24) is 0 Å². The van der Waals surface area contributed by atoms with Gasteiger partial charge in [0.2, 0.25) is 0 Å². The highest BCUT2D eigenvalue weighted by Crippen LogP contribution is 2.42. The lowest BCUT2D eigenvalue weighted by atomic mass is 9.78. The molecule has 2 aromatic carbocycles. The number of nitrogens with one attached hydrogen (secondary N) is 1. The zero-order chi connectivity index (χ0) is 24.6. The van der Waals surface area contributed by atoms with Crippen LogP contribution in [0.5, 0.6) is 11.5 Å². The summed E-state index contributed by atoms with van der Waals surface area (Å²) in [4.78, 5) is 34.9. The van der Waals surface area contributed by atoms with E-state index < -0.39 is 23.6 Å². The van der Waals surface area contributed by atoms with Gasteiger partial charge in [0.15, 0.2) is 17.3 Å². The summed E-state index contributed by atoms with van der Waals surface area (Å²) < 4.78 is 10.9. The number of anilines is 1. The van der Waals surface area contributed by atoms with Crippen LogP contribution in [0.3, 0.4) is 0 Å². The smallest absolute Gasteiger partial charge is 0.412 e. The van der Waals surface area contributed by atoms with Gasteiger partial charge in [-0.1, -0.05) is 26.0 Å². The van der Waals surface area contributed by atoms with Gasteiger partial charge in [0.05, 0.1) is 7.11 Å². The maximum absolute atomic E-state index is 12.7. The number of ketones is 1. The molecule has 0 heterocycles. The van der Waals surface area contributed by atoms with Crippen molar-refractivity contribution in [2.75, 3.05) is 12.4 Å². The predicted octanol–water partition coefficient (Wildman–Crippen LogP) is 5.34. The summed E-state index contributed by atoms with van der Waals surface area (Å²) >= 11 is 0. The highest BCUT2D eigenvalue weighted by Gasteiger charge is 2.34. The summed E-state index contributed by atoms with van der Waals surface area (Å²) in [5.41, 5.74) is 0.932. The van der Waals surface area contributed by atoms with Crippen molar-refractivity contribution in [3.05, 3.63) is 65.7 Å². The van der Waals surface area contributed by atoms with Crippen LogP contribution in [0.25, 0.3) is 0 Å². The third-order valence-electron chi connectivity index (χ3n) is 5.19. The zero-order valence-corrected chi connectivity index (χ0v) is 19.1. The SMILES string of the molecule is COc1ccc([C@@H](OC(=O)Nc2ccc(C(C)=O)cc2)C(C)(C)CC/C=C/C(=O)O)cc1O. The minimum absolute atomic E-state index is 0.0813. The van der Waals surface area contributed by atoms with Crippen molar-refractivity contribution < 1.29 is 34.1 Å². The van der Waals surface area contributed by atoms with Crippen molar-refractivity contribution >= 4 is 23.5 Å². The molecule has 0 bridgehead atoms. The number of allylic oxidation sites excluding steroid dienone is 1. The number of methoxy groups -OCH3 is 1. The molecule has 8 heteroatoms. The van der Waals surface area contributed by atoms with Gasteiger partial charge in [-0.15, -0.1) is 0 Å². The first-order valence-electron chi connectivity index (χ1n) is 10.4. The monoisotopic (exact) mass is 455 g/mol. The van der Waals surface area contributed by atoms with E-state index in [1.165, 1.54) is 20.1 Å². The number of Topliss-reactive ketones (excluding diaryl/α,β-unsaturated/α-hetero) is 1. The van der Waals surface area contributed by atoms with E-state index >= 15 is 0 Å². The summed E-state index contributed by atoms with van der Waals surface area (Å²) in [5, 5.41) is 21.7. The van der Waals surface area contributed by atoms with Gasteiger partial charge in [-0.05, 0) is 61.7 Å². The van der Waals surface area contributed by atoms with Crippen molar-refractivity contribution in [1.29, 1.82) is 0 Å². The number of hydrogen-bond donors (Lipinski definition) is 3. The number of carboxylic acid groups (broad SMARTS) is 1. The number of carbonyl (C=O) groups is 3. The summed E-state index contributed by atoms with van der Waals surface area (Å²) in [6.45, 7) is 5.24. The second kappa shape index (κ2) is 11.2. The molecular weight excluding hydrogens is 426 g/mol. The Hall–Kier alpha value is -3.81. The summed E-state index contributed by atoms with van der Waals surface area (Å²) in [6, 6.07) is 11.2. The van der Waals surface area contributed by atoms with Crippen LogP contribution in [0.15, 0.2) is 54.6 Å². The van der Waals surface area contributed by atoms with Gasteiger partial charge in [0, 0.05) is 22.7 Å². The second-order valence-corrected chi connectivity index (χ2v) is 8.24. The molecule has 0 unspecified atom stereocenters. The molecule has 8 nitrogen and oxygen atoms in total. The molecule has 0 aliphatic heterocycles. The van der Waals surface area contributed by atoms with Gasteiger partial charge < -0.3 is 19.7 Å². The van der Waals surface area contributed by atoms with Gasteiger partial charge in [0.25, 0.3) is 0 Å². The molecule has 1 atom stereocenters. The molecule has 0 saturated carbocycles. The first-order valence-corrected chi connectivity index (χ1v) is 10.4. The lowest BCUT2D eigenvalue weighted by Gasteiger charge is -2.34. The number of rotatable bonds is 10. The quantitative estimate of drug-likeness (QED) is 0.326. The summed E-state index contributed by atoms with van der Waals surface area (Å²) in [5.74, 6) is -0.918. The summed E-state index contributed by atoms with van der Waals surface area (Å²) in [6.07, 6.45) is 2.11. The van der Waals surface area contributed by atoms with E-state index in [1.54, 1.807) is 42.5 Å². The highest BCUT2D eigenvalue weighted by atomic mass is 16.6. The van der Waals surface area contributed by atoms with Crippen LogP contribution < -0.4 is 10.1 Å². The molecular formula is C25H29NO7. The van der Waals surface area contributed by atoms with Crippen molar-refractivity contribution in [3.63, 3.8) is 0 Å². The average molecular weight is 456 g/mol. The molecule has 176 valence electrons. The van der Waals surface area contributed by atoms with Gasteiger partial charge >= 0.3 is 12.1 Å². The first-order chi connectivity index (χ1) is 15.5. The van der Waals surface area contributed by atoms with E-state index in [-0.39, 0.29) is 17.3 Å². The Balaban J connectivity index is 2.25. The van der Waals surface area contributed by atoms with Crippen molar-refractivity contribution in [2.24, 2.45) is 5.41 Å². The van der Waals surface area contributed by atoms with E-state index in [0.29, 0.717) is 29.7 Å². The van der Waals surface area contributed by atoms with Crippen molar-refractivity contribution in [3.8, 4) is 11.5 Å². The average Bonchev–Trinajstić information content (AvgIpc) is 2.75. The number of carbonyl (C=O) groups excluding carboxylic acids is 2. The molecule has 0 saturated heterocycles. The van der Waals surface area contributed by atoms with Gasteiger partial charge in [-0.25, -0.2) is 9.59 Å². The Labute approximate surface area is 192 Å². The largest absolute Gasteiger partial charge is 0.504 e. The first kappa shape index (κ1) is 25.5. The Morgan fingerprint density at radius 2 is 1.79 bits per heavy atom. The van der Waals surface area contributed by atoms with E-state index in [0.717, 1.165) is 6.08 Å². The standard InChI is InChI=1S/C25H29NO7/c1-16(27)17-8-11-19(12-9-17)26-24(31)33-23(18-10-13-21(32-4)20(28)15-18)25(2,3)14-6-5-7-22(29)30/h5,7-13,15,23,28H,6,14H2,1-4H3,(H,26,31)(H,29,30)/b7-5+/t23-/m1/s1. The van der Waals surface area contributed by atoms with Crippen LogP contribution in [0, 0.1) is 5.41 Å². The molecule has 0 spiro atoms. The normalized spacial score (nSPS) is 12.2. The summed E-state index contributed by atoms with van der Waals surface area (Å²) in [7, 11) is 1.44. The molecule has 2 rings (SSSR count). The van der Waals surface area contributed by atoms with Crippen LogP contribution in [-0.4, -0.2) is 35.2 Å². The van der Waals surface area contributed by atoms with E-state index in [1.807, 2.05) is 13.8 Å². The Morgan fingerprint density at radius 3 is 2.33 bits per heavy atom. The molecule has 0 radical (unpaired) electrons. The van der Waals surface area contributed by atoms with Gasteiger partial charge in [-0.3, -0.25) is 10.1 Å². The molecule has 1 amide bonds. The molecule has 3 N–H and O–H groups in total.